The molecule has 0 spiro atoms. The molecular weight excluding hydrogens is 126 g/mol. The van der Waals surface area contributed by atoms with Crippen LogP contribution in [0, 0.1) is 0 Å². The summed E-state index contributed by atoms with van der Waals surface area (Å²) in [5.74, 6) is 0. The van der Waals surface area contributed by atoms with Gasteiger partial charge in [0.15, 0.2) is 0 Å². The van der Waals surface area contributed by atoms with Gasteiger partial charge < -0.3 is 5.73 Å². The van der Waals surface area contributed by atoms with Gasteiger partial charge in [0.25, 0.3) is 0 Å². The molecule has 0 aliphatic carbocycles. The van der Waals surface area contributed by atoms with E-state index in [1.807, 2.05) is 13.8 Å². The Morgan fingerprint density at radius 2 is 2.40 bits per heavy atom. The van der Waals surface area contributed by atoms with Crippen molar-refractivity contribution in [1.82, 2.24) is 5.32 Å². The van der Waals surface area contributed by atoms with Gasteiger partial charge in [-0.1, -0.05) is 6.92 Å². The summed E-state index contributed by atoms with van der Waals surface area (Å²) in [5.41, 5.74) is 6.13. The largest absolute Gasteiger partial charge is 0.402 e. The second kappa shape index (κ2) is 6.29. The van der Waals surface area contributed by atoms with E-state index in [4.69, 9.17) is 5.73 Å². The molecule has 0 radical (unpaired) electrons. The van der Waals surface area contributed by atoms with Gasteiger partial charge in [0, 0.05) is 11.9 Å². The topological polar surface area (TPSA) is 50.4 Å². The van der Waals surface area contributed by atoms with Crippen LogP contribution in [-0.2, 0) is 0 Å². The summed E-state index contributed by atoms with van der Waals surface area (Å²) >= 11 is 0. The molecular formula is C7H15N3. The lowest BCUT2D eigenvalue weighted by Crippen LogP contribution is -2.11. The number of hydrogen-bond donors (Lipinski definition) is 2. The second-order valence-electron chi connectivity index (χ2n) is 2.00. The van der Waals surface area contributed by atoms with Gasteiger partial charge in [0.1, 0.15) is 0 Å². The molecule has 0 aliphatic heterocycles. The first kappa shape index (κ1) is 9.17. The highest BCUT2D eigenvalue weighted by atomic mass is 15.0. The van der Waals surface area contributed by atoms with Crippen LogP contribution in [-0.4, -0.2) is 19.4 Å². The third-order valence-corrected chi connectivity index (χ3v) is 0.896. The lowest BCUT2D eigenvalue weighted by Gasteiger charge is -1.91. The van der Waals surface area contributed by atoms with Crippen molar-refractivity contribution in [2.24, 2.45) is 10.7 Å². The lowest BCUT2D eigenvalue weighted by atomic mass is 10.5. The zero-order valence-corrected chi connectivity index (χ0v) is 6.59. The molecule has 3 N–H and O–H groups in total. The molecule has 0 atom stereocenters. The maximum Gasteiger partial charge on any atom is 0.0884 e. The zero-order chi connectivity index (χ0) is 7.82. The highest BCUT2D eigenvalue weighted by molar-refractivity contribution is 5.71. The summed E-state index contributed by atoms with van der Waals surface area (Å²) in [5, 5.41) is 3.05. The molecule has 10 heavy (non-hydrogen) atoms. The first-order valence-corrected chi connectivity index (χ1v) is 3.40. The first-order valence-electron chi connectivity index (χ1n) is 3.40. The minimum Gasteiger partial charge on any atom is -0.402 e. The van der Waals surface area contributed by atoms with Crippen LogP contribution >= 0.6 is 0 Å². The molecule has 0 heterocycles. The lowest BCUT2D eigenvalue weighted by molar-refractivity contribution is 0.746. The Kier molecular flexibility index (Phi) is 5.77. The smallest absolute Gasteiger partial charge is 0.0884 e. The van der Waals surface area contributed by atoms with E-state index in [2.05, 4.69) is 10.3 Å². The normalized spacial score (nSPS) is 12.8. The molecule has 0 saturated carbocycles. The van der Waals surface area contributed by atoms with Crippen molar-refractivity contribution in [3.8, 4) is 0 Å². The van der Waals surface area contributed by atoms with Crippen LogP contribution in [0.4, 0.5) is 0 Å². The highest BCUT2D eigenvalue weighted by Crippen LogP contribution is 1.74. The van der Waals surface area contributed by atoms with Gasteiger partial charge in [-0.15, -0.1) is 0 Å². The minimum absolute atomic E-state index is 0.667. The molecule has 0 aliphatic rings. The van der Waals surface area contributed by atoms with Crippen LogP contribution in [0.25, 0.3) is 0 Å². The van der Waals surface area contributed by atoms with Crippen molar-refractivity contribution in [1.29, 1.82) is 0 Å². The summed E-state index contributed by atoms with van der Waals surface area (Å²) < 4.78 is 0. The summed E-state index contributed by atoms with van der Waals surface area (Å²) in [7, 11) is 0. The quantitative estimate of drug-likeness (QED) is 0.442. The van der Waals surface area contributed by atoms with E-state index in [1.165, 1.54) is 0 Å². The Balaban J connectivity index is 3.29. The fraction of sp³-hybridized carbons (Fsp3) is 0.571. The maximum atomic E-state index is 5.36. The molecule has 0 aromatic rings. The fourth-order valence-electron chi connectivity index (χ4n) is 0.399. The average molecular weight is 141 g/mol. The van der Waals surface area contributed by atoms with E-state index in [1.54, 1.807) is 12.3 Å². The summed E-state index contributed by atoms with van der Waals surface area (Å²) in [6, 6.07) is 0. The van der Waals surface area contributed by atoms with E-state index < -0.39 is 0 Å². The third-order valence-electron chi connectivity index (χ3n) is 0.896. The molecule has 3 heteroatoms. The first-order chi connectivity index (χ1) is 4.77. The van der Waals surface area contributed by atoms with Crippen LogP contribution in [0.5, 0.6) is 0 Å². The zero-order valence-electron chi connectivity index (χ0n) is 6.59. The van der Waals surface area contributed by atoms with Crippen molar-refractivity contribution in [3.05, 3.63) is 11.8 Å². The molecule has 0 aromatic carbocycles. The Morgan fingerprint density at radius 1 is 1.70 bits per heavy atom. The van der Waals surface area contributed by atoms with E-state index >= 15 is 0 Å². The van der Waals surface area contributed by atoms with Crippen molar-refractivity contribution in [2.75, 3.05) is 13.2 Å². The molecule has 0 rings (SSSR count). The van der Waals surface area contributed by atoms with Crippen LogP contribution in [0.3, 0.4) is 0 Å². The number of nitrogens with zero attached hydrogens (tertiary/aromatic N) is 1. The van der Waals surface area contributed by atoms with Crippen molar-refractivity contribution >= 4 is 6.21 Å². The summed E-state index contributed by atoms with van der Waals surface area (Å²) in [6.07, 6.45) is 3.48. The highest BCUT2D eigenvalue weighted by Gasteiger charge is 1.73. The fourth-order valence-corrected chi connectivity index (χ4v) is 0.399. The van der Waals surface area contributed by atoms with Crippen LogP contribution in [0.15, 0.2) is 16.8 Å². The van der Waals surface area contributed by atoms with E-state index in [-0.39, 0.29) is 0 Å². The summed E-state index contributed by atoms with van der Waals surface area (Å²) in [4.78, 5) is 4.01. The van der Waals surface area contributed by atoms with Crippen LogP contribution < -0.4 is 11.1 Å². The number of allylic oxidation sites excluding steroid dienone is 2. The number of aliphatic imine (C=N–C) groups is 1. The minimum atomic E-state index is 0.667. The van der Waals surface area contributed by atoms with Crippen molar-refractivity contribution in [2.45, 2.75) is 13.8 Å². The SMILES string of the molecule is CCNC/N=C\C=C(/C)N. The molecule has 0 unspecified atom stereocenters. The van der Waals surface area contributed by atoms with Gasteiger partial charge in [-0.2, -0.15) is 0 Å². The van der Waals surface area contributed by atoms with Crippen LogP contribution in [0.1, 0.15) is 13.8 Å². The molecule has 0 amide bonds. The molecule has 0 aromatic heterocycles. The molecule has 0 bridgehead atoms. The van der Waals surface area contributed by atoms with Gasteiger partial charge >= 0.3 is 0 Å². The Labute approximate surface area is 62.0 Å². The van der Waals surface area contributed by atoms with Gasteiger partial charge in [-0.3, -0.25) is 10.3 Å². The standard InChI is InChI=1S/C7H15N3/c1-3-9-6-10-5-4-7(2)8/h4-5,9H,3,6,8H2,1-2H3/b7-4+,10-5-. The Morgan fingerprint density at radius 3 is 2.90 bits per heavy atom. The van der Waals surface area contributed by atoms with Crippen LogP contribution in [0.2, 0.25) is 0 Å². The molecule has 0 saturated heterocycles. The predicted molar refractivity (Wildman–Crippen MR) is 45.0 cm³/mol. The Bertz CT molecular complexity index is 123. The van der Waals surface area contributed by atoms with Gasteiger partial charge in [-0.05, 0) is 19.5 Å². The molecule has 58 valence electrons. The number of rotatable bonds is 4. The average Bonchev–Trinajstić information content (AvgIpc) is 1.87. The van der Waals surface area contributed by atoms with Gasteiger partial charge in [-0.25, -0.2) is 0 Å². The van der Waals surface area contributed by atoms with E-state index in [0.29, 0.717) is 6.67 Å². The van der Waals surface area contributed by atoms with Crippen molar-refractivity contribution < 1.29 is 0 Å². The molecule has 0 fully saturated rings. The number of nitrogens with two attached hydrogens (primary N) is 1. The second-order valence-corrected chi connectivity index (χ2v) is 2.00. The van der Waals surface area contributed by atoms with Gasteiger partial charge in [0.05, 0.1) is 6.67 Å². The molecule has 3 nitrogen and oxygen atoms in total. The number of hydrogen-bond acceptors (Lipinski definition) is 3. The third kappa shape index (κ3) is 7.17. The monoisotopic (exact) mass is 141 g/mol. The Hall–Kier alpha value is -0.830. The maximum absolute atomic E-state index is 5.36. The van der Waals surface area contributed by atoms with Gasteiger partial charge in [0.2, 0.25) is 0 Å². The van der Waals surface area contributed by atoms with Crippen molar-refractivity contribution in [3.63, 3.8) is 0 Å². The van der Waals surface area contributed by atoms with E-state index in [0.717, 1.165) is 12.2 Å². The van der Waals surface area contributed by atoms with E-state index in [9.17, 15) is 0 Å². The summed E-state index contributed by atoms with van der Waals surface area (Å²) in [6.45, 7) is 5.49. The predicted octanol–water partition coefficient (Wildman–Crippen LogP) is 0.487. The number of nitrogens with one attached hydrogen (secondary N) is 1.